The quantitative estimate of drug-likeness (QED) is 0.723. The summed E-state index contributed by atoms with van der Waals surface area (Å²) >= 11 is 5.85. The summed E-state index contributed by atoms with van der Waals surface area (Å²) in [6.07, 6.45) is 1.25. The zero-order chi connectivity index (χ0) is 10.1. The van der Waals surface area contributed by atoms with E-state index >= 15 is 0 Å². The van der Waals surface area contributed by atoms with E-state index in [0.29, 0.717) is 5.02 Å². The topological polar surface area (TPSA) is 29.3 Å². The molecular weight excluding hydrogens is 196 g/mol. The molecule has 0 bridgehead atoms. The summed E-state index contributed by atoms with van der Waals surface area (Å²) in [5.74, 6) is 0.769. The first-order chi connectivity index (χ1) is 6.66. The highest BCUT2D eigenvalue weighted by Gasteiger charge is 2.20. The van der Waals surface area contributed by atoms with Gasteiger partial charge in [0.15, 0.2) is 0 Å². The van der Waals surface area contributed by atoms with Crippen LogP contribution in [0.4, 0.5) is 11.4 Å². The zero-order valence-corrected chi connectivity index (χ0v) is 9.09. The molecule has 0 radical (unpaired) electrons. The number of hydrogen-bond donors (Lipinski definition) is 1. The van der Waals surface area contributed by atoms with Crippen molar-refractivity contribution in [2.24, 2.45) is 5.92 Å². The van der Waals surface area contributed by atoms with Crippen LogP contribution in [0.1, 0.15) is 13.3 Å². The van der Waals surface area contributed by atoms with Crippen molar-refractivity contribution in [1.82, 2.24) is 0 Å². The molecular formula is C11H15ClN2. The molecule has 2 N–H and O–H groups in total. The molecule has 3 heteroatoms. The predicted molar refractivity (Wildman–Crippen MR) is 61.9 cm³/mol. The summed E-state index contributed by atoms with van der Waals surface area (Å²) in [5, 5.41) is 0.707. The van der Waals surface area contributed by atoms with Crippen LogP contribution in [0.5, 0.6) is 0 Å². The van der Waals surface area contributed by atoms with Gasteiger partial charge in [0.2, 0.25) is 0 Å². The van der Waals surface area contributed by atoms with Gasteiger partial charge in [0.05, 0.1) is 11.4 Å². The van der Waals surface area contributed by atoms with Crippen molar-refractivity contribution in [3.8, 4) is 0 Å². The van der Waals surface area contributed by atoms with Crippen LogP contribution < -0.4 is 10.6 Å². The van der Waals surface area contributed by atoms with Gasteiger partial charge in [-0.25, -0.2) is 0 Å². The number of nitrogens with two attached hydrogens (primary N) is 1. The van der Waals surface area contributed by atoms with Gasteiger partial charge in [-0.15, -0.1) is 0 Å². The third-order valence-corrected chi connectivity index (χ3v) is 2.99. The molecule has 0 spiro atoms. The van der Waals surface area contributed by atoms with Crippen LogP contribution in [0.2, 0.25) is 5.02 Å². The lowest BCUT2D eigenvalue weighted by molar-refractivity contribution is 0.659. The van der Waals surface area contributed by atoms with Crippen LogP contribution in [-0.4, -0.2) is 13.1 Å². The van der Waals surface area contributed by atoms with E-state index < -0.39 is 0 Å². The summed E-state index contributed by atoms with van der Waals surface area (Å²) in [6, 6.07) is 5.73. The Bertz CT molecular complexity index is 338. The van der Waals surface area contributed by atoms with Gasteiger partial charge in [-0.3, -0.25) is 0 Å². The molecule has 76 valence electrons. The van der Waals surface area contributed by atoms with E-state index in [4.69, 9.17) is 17.3 Å². The Labute approximate surface area is 89.7 Å². The van der Waals surface area contributed by atoms with Crippen molar-refractivity contribution in [2.75, 3.05) is 23.7 Å². The molecule has 1 saturated heterocycles. The minimum atomic E-state index is 0.707. The molecule has 0 aromatic heterocycles. The highest BCUT2D eigenvalue weighted by atomic mass is 35.5. The van der Waals surface area contributed by atoms with Gasteiger partial charge in [-0.1, -0.05) is 18.5 Å². The molecule has 1 fully saturated rings. The number of halogens is 1. The first-order valence-electron chi connectivity index (χ1n) is 4.97. The Morgan fingerprint density at radius 1 is 1.50 bits per heavy atom. The summed E-state index contributed by atoms with van der Waals surface area (Å²) < 4.78 is 0. The van der Waals surface area contributed by atoms with Gasteiger partial charge < -0.3 is 10.6 Å². The summed E-state index contributed by atoms with van der Waals surface area (Å²) in [4.78, 5) is 2.33. The maximum Gasteiger partial charge on any atom is 0.0601 e. The van der Waals surface area contributed by atoms with Crippen molar-refractivity contribution < 1.29 is 0 Å². The van der Waals surface area contributed by atoms with E-state index in [0.717, 1.165) is 30.4 Å². The fourth-order valence-corrected chi connectivity index (χ4v) is 2.15. The summed E-state index contributed by atoms with van der Waals surface area (Å²) in [5.41, 5.74) is 7.83. The molecule has 1 aromatic rings. The Hall–Kier alpha value is -0.890. The van der Waals surface area contributed by atoms with Gasteiger partial charge in [-0.05, 0) is 30.5 Å². The average Bonchev–Trinajstić information content (AvgIpc) is 2.51. The van der Waals surface area contributed by atoms with Crippen molar-refractivity contribution in [3.05, 3.63) is 23.2 Å². The molecule has 2 nitrogen and oxygen atoms in total. The van der Waals surface area contributed by atoms with Crippen molar-refractivity contribution >= 4 is 23.0 Å². The van der Waals surface area contributed by atoms with Crippen LogP contribution in [0.25, 0.3) is 0 Å². The molecule has 1 unspecified atom stereocenters. The number of anilines is 2. The SMILES string of the molecule is CC1CCN(c2ccc(Cl)cc2N)C1. The lowest BCUT2D eigenvalue weighted by Crippen LogP contribution is -2.20. The Morgan fingerprint density at radius 2 is 2.29 bits per heavy atom. The highest BCUT2D eigenvalue weighted by Crippen LogP contribution is 2.30. The van der Waals surface area contributed by atoms with Crippen molar-refractivity contribution in [2.45, 2.75) is 13.3 Å². The number of nitrogen functional groups attached to an aromatic ring is 1. The van der Waals surface area contributed by atoms with Crippen LogP contribution in [0, 0.1) is 5.92 Å². The molecule has 1 aliphatic rings. The Morgan fingerprint density at radius 3 is 2.86 bits per heavy atom. The van der Waals surface area contributed by atoms with Gasteiger partial charge in [0.25, 0.3) is 0 Å². The van der Waals surface area contributed by atoms with Gasteiger partial charge in [0, 0.05) is 18.1 Å². The van der Waals surface area contributed by atoms with E-state index in [1.165, 1.54) is 6.42 Å². The predicted octanol–water partition coefficient (Wildman–Crippen LogP) is 2.77. The smallest absolute Gasteiger partial charge is 0.0601 e. The lowest BCUT2D eigenvalue weighted by atomic mass is 10.2. The fourth-order valence-electron chi connectivity index (χ4n) is 1.97. The van der Waals surface area contributed by atoms with E-state index in [2.05, 4.69) is 11.8 Å². The lowest BCUT2D eigenvalue weighted by Gasteiger charge is -2.20. The second-order valence-electron chi connectivity index (χ2n) is 4.04. The normalized spacial score (nSPS) is 21.6. The number of rotatable bonds is 1. The first kappa shape index (κ1) is 9.66. The van der Waals surface area contributed by atoms with Crippen molar-refractivity contribution in [1.29, 1.82) is 0 Å². The maximum absolute atomic E-state index is 5.92. The molecule has 0 saturated carbocycles. The fraction of sp³-hybridized carbons (Fsp3) is 0.455. The molecule has 1 atom stereocenters. The summed E-state index contributed by atoms with van der Waals surface area (Å²) in [7, 11) is 0. The Kier molecular flexibility index (Phi) is 2.55. The van der Waals surface area contributed by atoms with Gasteiger partial charge >= 0.3 is 0 Å². The van der Waals surface area contributed by atoms with E-state index in [-0.39, 0.29) is 0 Å². The van der Waals surface area contributed by atoms with Gasteiger partial charge in [-0.2, -0.15) is 0 Å². The molecule has 1 aliphatic heterocycles. The van der Waals surface area contributed by atoms with Gasteiger partial charge in [0.1, 0.15) is 0 Å². The molecule has 0 amide bonds. The van der Waals surface area contributed by atoms with Crippen LogP contribution >= 0.6 is 11.6 Å². The molecule has 1 heterocycles. The monoisotopic (exact) mass is 210 g/mol. The largest absolute Gasteiger partial charge is 0.397 e. The molecule has 14 heavy (non-hydrogen) atoms. The van der Waals surface area contributed by atoms with Crippen LogP contribution in [0.3, 0.4) is 0 Å². The molecule has 2 rings (SSSR count). The summed E-state index contributed by atoms with van der Waals surface area (Å²) in [6.45, 7) is 4.48. The standard InChI is InChI=1S/C11H15ClN2/c1-8-4-5-14(7-8)11-3-2-9(12)6-10(11)13/h2-3,6,8H,4-5,7,13H2,1H3. The minimum Gasteiger partial charge on any atom is -0.397 e. The number of nitrogens with zero attached hydrogens (tertiary/aromatic N) is 1. The molecule has 1 aromatic carbocycles. The second-order valence-corrected chi connectivity index (χ2v) is 4.48. The van der Waals surface area contributed by atoms with Crippen LogP contribution in [-0.2, 0) is 0 Å². The number of benzene rings is 1. The third-order valence-electron chi connectivity index (χ3n) is 2.75. The molecule has 0 aliphatic carbocycles. The zero-order valence-electron chi connectivity index (χ0n) is 8.33. The van der Waals surface area contributed by atoms with E-state index in [1.54, 1.807) is 0 Å². The number of hydrogen-bond acceptors (Lipinski definition) is 2. The van der Waals surface area contributed by atoms with Crippen molar-refractivity contribution in [3.63, 3.8) is 0 Å². The Balaban J connectivity index is 2.24. The second kappa shape index (κ2) is 3.70. The average molecular weight is 211 g/mol. The highest BCUT2D eigenvalue weighted by molar-refractivity contribution is 6.31. The minimum absolute atomic E-state index is 0.707. The van der Waals surface area contributed by atoms with Crippen LogP contribution in [0.15, 0.2) is 18.2 Å². The van der Waals surface area contributed by atoms with E-state index in [9.17, 15) is 0 Å². The first-order valence-corrected chi connectivity index (χ1v) is 5.34. The third kappa shape index (κ3) is 1.80. The van der Waals surface area contributed by atoms with E-state index in [1.807, 2.05) is 18.2 Å². The maximum atomic E-state index is 5.92.